The van der Waals surface area contributed by atoms with Crippen LogP contribution in [0.25, 0.3) is 11.0 Å². The van der Waals surface area contributed by atoms with Crippen molar-refractivity contribution >= 4 is 11.0 Å². The summed E-state index contributed by atoms with van der Waals surface area (Å²) < 4.78 is 11.0. The Bertz CT molecular complexity index is 531. The second-order valence-corrected chi connectivity index (χ2v) is 4.99. The van der Waals surface area contributed by atoms with E-state index >= 15 is 0 Å². The molecule has 4 nitrogen and oxygen atoms in total. The minimum Gasteiger partial charge on any atom is -0.493 e. The number of hydrogen-bond donors (Lipinski definition) is 2. The van der Waals surface area contributed by atoms with Crippen LogP contribution in [0, 0.1) is 0 Å². The van der Waals surface area contributed by atoms with Crippen LogP contribution in [0.5, 0.6) is 5.75 Å². The molecule has 0 saturated carbocycles. The Morgan fingerprint density at radius 2 is 2.17 bits per heavy atom. The Hall–Kier alpha value is -1.52. The summed E-state index contributed by atoms with van der Waals surface area (Å²) in [7, 11) is 1.63. The van der Waals surface area contributed by atoms with Crippen LogP contribution in [0.4, 0.5) is 0 Å². The highest BCUT2D eigenvalue weighted by Gasteiger charge is 2.16. The molecule has 0 aliphatic rings. The number of ether oxygens (including phenoxy) is 1. The first-order valence-electron chi connectivity index (χ1n) is 5.97. The van der Waals surface area contributed by atoms with Gasteiger partial charge in [-0.3, -0.25) is 0 Å². The number of aliphatic hydroxyl groups is 1. The molecule has 2 N–H and O–H groups in total. The molecule has 0 atom stereocenters. The lowest BCUT2D eigenvalue weighted by Gasteiger charge is -2.22. The van der Waals surface area contributed by atoms with Gasteiger partial charge in [-0.2, -0.15) is 0 Å². The van der Waals surface area contributed by atoms with Crippen molar-refractivity contribution in [2.75, 3.05) is 13.7 Å². The second kappa shape index (κ2) is 5.00. The van der Waals surface area contributed by atoms with E-state index in [1.807, 2.05) is 38.1 Å². The van der Waals surface area contributed by atoms with Crippen LogP contribution in [-0.4, -0.2) is 24.4 Å². The molecule has 98 valence electrons. The monoisotopic (exact) mass is 249 g/mol. The van der Waals surface area contributed by atoms with E-state index in [9.17, 15) is 5.11 Å². The van der Waals surface area contributed by atoms with Crippen LogP contribution in [0.3, 0.4) is 0 Å². The Kier molecular flexibility index (Phi) is 3.59. The van der Waals surface area contributed by atoms with Crippen molar-refractivity contribution in [3.05, 3.63) is 30.0 Å². The van der Waals surface area contributed by atoms with Gasteiger partial charge in [0.25, 0.3) is 0 Å². The molecule has 0 unspecified atom stereocenters. The van der Waals surface area contributed by atoms with Gasteiger partial charge in [0.15, 0.2) is 11.3 Å². The lowest BCUT2D eigenvalue weighted by molar-refractivity contribution is 0.185. The Balaban J connectivity index is 2.20. The summed E-state index contributed by atoms with van der Waals surface area (Å²) in [6.07, 6.45) is 0. The average molecular weight is 249 g/mol. The molecular formula is C14H19NO3. The summed E-state index contributed by atoms with van der Waals surface area (Å²) >= 11 is 0. The molecule has 18 heavy (non-hydrogen) atoms. The number of para-hydroxylation sites is 1. The summed E-state index contributed by atoms with van der Waals surface area (Å²) in [6, 6.07) is 7.78. The zero-order chi connectivity index (χ0) is 13.2. The van der Waals surface area contributed by atoms with Crippen molar-refractivity contribution in [2.24, 2.45) is 0 Å². The number of fused-ring (bicyclic) bond motifs is 1. The van der Waals surface area contributed by atoms with Gasteiger partial charge in [-0.05, 0) is 26.0 Å². The van der Waals surface area contributed by atoms with Crippen LogP contribution < -0.4 is 10.1 Å². The number of aliphatic hydroxyl groups excluding tert-OH is 1. The highest BCUT2D eigenvalue weighted by atomic mass is 16.5. The lowest BCUT2D eigenvalue weighted by atomic mass is 10.1. The molecule has 0 fully saturated rings. The first kappa shape index (κ1) is 12.9. The van der Waals surface area contributed by atoms with Crippen molar-refractivity contribution in [3.63, 3.8) is 0 Å². The zero-order valence-electron chi connectivity index (χ0n) is 11.0. The third-order valence-electron chi connectivity index (χ3n) is 2.92. The molecule has 0 bridgehead atoms. The van der Waals surface area contributed by atoms with Gasteiger partial charge >= 0.3 is 0 Å². The summed E-state index contributed by atoms with van der Waals surface area (Å²) in [5.41, 5.74) is 0.446. The molecule has 0 aliphatic carbocycles. The fourth-order valence-electron chi connectivity index (χ4n) is 1.72. The van der Waals surface area contributed by atoms with Gasteiger partial charge in [-0.1, -0.05) is 12.1 Å². The van der Waals surface area contributed by atoms with Crippen LogP contribution >= 0.6 is 0 Å². The van der Waals surface area contributed by atoms with E-state index in [-0.39, 0.29) is 12.1 Å². The summed E-state index contributed by atoms with van der Waals surface area (Å²) in [5, 5.41) is 13.4. The second-order valence-electron chi connectivity index (χ2n) is 4.99. The quantitative estimate of drug-likeness (QED) is 0.853. The molecule has 2 aromatic rings. The van der Waals surface area contributed by atoms with Crippen molar-refractivity contribution in [2.45, 2.75) is 25.9 Å². The van der Waals surface area contributed by atoms with Gasteiger partial charge < -0.3 is 19.6 Å². The summed E-state index contributed by atoms with van der Waals surface area (Å²) in [5.74, 6) is 1.57. The van der Waals surface area contributed by atoms with Gasteiger partial charge in [0.05, 0.1) is 20.3 Å². The molecule has 0 saturated heterocycles. The predicted octanol–water partition coefficient (Wildman–Crippen LogP) is 2.30. The van der Waals surface area contributed by atoms with Crippen molar-refractivity contribution in [3.8, 4) is 5.75 Å². The van der Waals surface area contributed by atoms with E-state index in [4.69, 9.17) is 9.15 Å². The zero-order valence-corrected chi connectivity index (χ0v) is 11.0. The van der Waals surface area contributed by atoms with E-state index in [0.29, 0.717) is 6.54 Å². The normalized spacial score (nSPS) is 12.0. The minimum absolute atomic E-state index is 0.0799. The molecule has 1 aromatic carbocycles. The van der Waals surface area contributed by atoms with E-state index in [2.05, 4.69) is 5.32 Å². The topological polar surface area (TPSA) is 54.6 Å². The maximum Gasteiger partial charge on any atom is 0.176 e. The van der Waals surface area contributed by atoms with E-state index in [1.54, 1.807) is 7.11 Å². The van der Waals surface area contributed by atoms with Crippen LogP contribution in [0.15, 0.2) is 28.7 Å². The molecule has 1 aromatic heterocycles. The molecule has 1 heterocycles. The van der Waals surface area contributed by atoms with Crippen LogP contribution in [0.2, 0.25) is 0 Å². The molecule has 2 rings (SSSR count). The molecule has 0 aliphatic heterocycles. The maximum absolute atomic E-state index is 9.18. The van der Waals surface area contributed by atoms with E-state index in [0.717, 1.165) is 22.5 Å². The van der Waals surface area contributed by atoms with Crippen molar-refractivity contribution in [1.82, 2.24) is 5.32 Å². The van der Waals surface area contributed by atoms with Crippen LogP contribution in [-0.2, 0) is 6.54 Å². The predicted molar refractivity (Wildman–Crippen MR) is 70.8 cm³/mol. The largest absolute Gasteiger partial charge is 0.493 e. The highest BCUT2D eigenvalue weighted by molar-refractivity contribution is 5.83. The first-order valence-corrected chi connectivity index (χ1v) is 5.97. The van der Waals surface area contributed by atoms with Gasteiger partial charge in [-0.15, -0.1) is 0 Å². The summed E-state index contributed by atoms with van der Waals surface area (Å²) in [6.45, 7) is 4.54. The van der Waals surface area contributed by atoms with Gasteiger partial charge in [-0.25, -0.2) is 0 Å². The fraction of sp³-hybridized carbons (Fsp3) is 0.429. The lowest BCUT2D eigenvalue weighted by Crippen LogP contribution is -2.41. The van der Waals surface area contributed by atoms with Gasteiger partial charge in [0.1, 0.15) is 5.76 Å². The summed E-state index contributed by atoms with van der Waals surface area (Å²) in [4.78, 5) is 0. The highest BCUT2D eigenvalue weighted by Crippen LogP contribution is 2.28. The average Bonchev–Trinajstić information content (AvgIpc) is 2.79. The van der Waals surface area contributed by atoms with E-state index < -0.39 is 0 Å². The molecule has 0 amide bonds. The van der Waals surface area contributed by atoms with Crippen molar-refractivity contribution in [1.29, 1.82) is 0 Å². The Morgan fingerprint density at radius 1 is 1.39 bits per heavy atom. The molecule has 0 radical (unpaired) electrons. The fourth-order valence-corrected chi connectivity index (χ4v) is 1.72. The number of nitrogens with one attached hydrogen (secondary N) is 1. The molecule has 0 spiro atoms. The molecule has 4 heteroatoms. The maximum atomic E-state index is 9.18. The Morgan fingerprint density at radius 3 is 2.83 bits per heavy atom. The number of furan rings is 1. The van der Waals surface area contributed by atoms with Gasteiger partial charge in [0.2, 0.25) is 0 Å². The minimum atomic E-state index is -0.316. The SMILES string of the molecule is COc1cccc2cc(CNC(C)(C)CO)oc12. The number of benzene rings is 1. The number of methoxy groups -OCH3 is 1. The van der Waals surface area contributed by atoms with E-state index in [1.165, 1.54) is 0 Å². The van der Waals surface area contributed by atoms with Crippen LogP contribution in [0.1, 0.15) is 19.6 Å². The number of rotatable bonds is 5. The third kappa shape index (κ3) is 2.66. The molecular weight excluding hydrogens is 230 g/mol. The van der Waals surface area contributed by atoms with Crippen molar-refractivity contribution < 1.29 is 14.3 Å². The number of hydrogen-bond acceptors (Lipinski definition) is 4. The Labute approximate surface area is 107 Å². The van der Waals surface area contributed by atoms with Gasteiger partial charge in [0, 0.05) is 10.9 Å². The standard InChI is InChI=1S/C14H19NO3/c1-14(2,9-16)15-8-11-7-10-5-4-6-12(17-3)13(10)18-11/h4-7,15-16H,8-9H2,1-3H3. The third-order valence-corrected chi connectivity index (χ3v) is 2.92. The smallest absolute Gasteiger partial charge is 0.176 e. The first-order chi connectivity index (χ1) is 8.55.